The molecule has 0 aliphatic carbocycles. The minimum absolute atomic E-state index is 0.0117. The van der Waals surface area contributed by atoms with Crippen LogP contribution in [0.2, 0.25) is 5.02 Å². The van der Waals surface area contributed by atoms with E-state index in [9.17, 15) is 4.79 Å². The number of halogens is 1. The first-order valence-electron chi connectivity index (χ1n) is 6.83. The van der Waals surface area contributed by atoms with Crippen LogP contribution in [-0.2, 0) is 11.3 Å². The molecule has 1 rings (SSSR count). The summed E-state index contributed by atoms with van der Waals surface area (Å²) in [5.41, 5.74) is 0.995. The van der Waals surface area contributed by atoms with Gasteiger partial charge in [0.2, 0.25) is 5.91 Å². The van der Waals surface area contributed by atoms with E-state index in [1.807, 2.05) is 49.9 Å². The molecule has 1 amide bonds. The highest BCUT2D eigenvalue weighted by Crippen LogP contribution is 2.18. The third-order valence-corrected chi connectivity index (χ3v) is 3.50. The second kappa shape index (κ2) is 8.18. The molecule has 0 aliphatic rings. The fourth-order valence-corrected chi connectivity index (χ4v) is 2.13. The molecule has 1 N–H and O–H groups in total. The normalized spacial score (nSPS) is 12.2. The van der Waals surface area contributed by atoms with Crippen LogP contribution in [0.4, 0.5) is 0 Å². The molecule has 0 radical (unpaired) electrons. The first kappa shape index (κ1) is 16.0. The highest BCUT2D eigenvalue weighted by atomic mass is 35.5. The average Bonchev–Trinajstić information content (AvgIpc) is 2.43. The molecule has 1 atom stereocenters. The lowest BCUT2D eigenvalue weighted by atomic mass is 10.1. The van der Waals surface area contributed by atoms with E-state index in [4.69, 9.17) is 11.6 Å². The molecule has 0 spiro atoms. The van der Waals surface area contributed by atoms with Gasteiger partial charge < -0.3 is 10.2 Å². The fraction of sp³-hybridized carbons (Fsp3) is 0.533. The van der Waals surface area contributed by atoms with Gasteiger partial charge in [-0.2, -0.15) is 0 Å². The molecule has 4 heteroatoms. The zero-order chi connectivity index (χ0) is 14.3. The van der Waals surface area contributed by atoms with Gasteiger partial charge in [-0.25, -0.2) is 0 Å². The van der Waals surface area contributed by atoms with Crippen LogP contribution < -0.4 is 5.32 Å². The maximum absolute atomic E-state index is 12.3. The number of nitrogens with one attached hydrogen (secondary N) is 1. The number of carbonyl (C=O) groups excluding carboxylic acids is 1. The number of rotatable bonds is 7. The van der Waals surface area contributed by atoms with Crippen LogP contribution in [0.3, 0.4) is 0 Å². The lowest BCUT2D eigenvalue weighted by Crippen LogP contribution is -2.38. The van der Waals surface area contributed by atoms with Gasteiger partial charge in [0.15, 0.2) is 0 Å². The SMILES string of the molecule is CCNCC(C)C(=O)N(CC)Cc1ccccc1Cl. The van der Waals surface area contributed by atoms with Gasteiger partial charge in [0, 0.05) is 30.6 Å². The Labute approximate surface area is 120 Å². The topological polar surface area (TPSA) is 32.3 Å². The van der Waals surface area contributed by atoms with E-state index in [0.29, 0.717) is 24.7 Å². The Kier molecular flexibility index (Phi) is 6.89. The van der Waals surface area contributed by atoms with Crippen LogP contribution in [0.25, 0.3) is 0 Å². The van der Waals surface area contributed by atoms with E-state index in [2.05, 4.69) is 5.32 Å². The molecule has 3 nitrogen and oxygen atoms in total. The monoisotopic (exact) mass is 282 g/mol. The Morgan fingerprint density at radius 2 is 2.05 bits per heavy atom. The van der Waals surface area contributed by atoms with Crippen molar-refractivity contribution >= 4 is 17.5 Å². The van der Waals surface area contributed by atoms with Crippen LogP contribution in [0.15, 0.2) is 24.3 Å². The summed E-state index contributed by atoms with van der Waals surface area (Å²) in [5, 5.41) is 3.93. The molecule has 0 aromatic heterocycles. The number of nitrogens with zero attached hydrogens (tertiary/aromatic N) is 1. The van der Waals surface area contributed by atoms with Crippen molar-refractivity contribution < 1.29 is 4.79 Å². The van der Waals surface area contributed by atoms with Crippen molar-refractivity contribution in [2.75, 3.05) is 19.6 Å². The molecule has 0 saturated heterocycles. The van der Waals surface area contributed by atoms with Crippen LogP contribution >= 0.6 is 11.6 Å². The standard InChI is InChI=1S/C15H23ClN2O/c1-4-17-10-12(3)15(19)18(5-2)11-13-8-6-7-9-14(13)16/h6-9,12,17H,4-5,10-11H2,1-3H3. The quantitative estimate of drug-likeness (QED) is 0.834. The minimum Gasteiger partial charge on any atom is -0.338 e. The molecule has 1 unspecified atom stereocenters. The Hall–Kier alpha value is -1.06. The molecular weight excluding hydrogens is 260 g/mol. The summed E-state index contributed by atoms with van der Waals surface area (Å²) < 4.78 is 0. The van der Waals surface area contributed by atoms with Crippen molar-refractivity contribution in [3.05, 3.63) is 34.9 Å². The van der Waals surface area contributed by atoms with Crippen LogP contribution in [0.1, 0.15) is 26.3 Å². The molecule has 0 bridgehead atoms. The molecule has 106 valence electrons. The van der Waals surface area contributed by atoms with Crippen LogP contribution in [0, 0.1) is 5.92 Å². The van der Waals surface area contributed by atoms with Crippen molar-refractivity contribution in [2.24, 2.45) is 5.92 Å². The van der Waals surface area contributed by atoms with E-state index in [1.54, 1.807) is 0 Å². The van der Waals surface area contributed by atoms with Gasteiger partial charge in [0.25, 0.3) is 0 Å². The maximum Gasteiger partial charge on any atom is 0.226 e. The Morgan fingerprint density at radius 1 is 1.37 bits per heavy atom. The summed E-state index contributed by atoms with van der Waals surface area (Å²) >= 11 is 6.14. The first-order chi connectivity index (χ1) is 9.10. The van der Waals surface area contributed by atoms with E-state index in [0.717, 1.165) is 12.1 Å². The fourth-order valence-electron chi connectivity index (χ4n) is 1.94. The molecular formula is C15H23ClN2O. The zero-order valence-corrected chi connectivity index (χ0v) is 12.7. The Morgan fingerprint density at radius 3 is 2.63 bits per heavy atom. The van der Waals surface area contributed by atoms with Crippen molar-refractivity contribution in [3.8, 4) is 0 Å². The van der Waals surface area contributed by atoms with Crippen LogP contribution in [0.5, 0.6) is 0 Å². The average molecular weight is 283 g/mol. The summed E-state index contributed by atoms with van der Waals surface area (Å²) in [6.45, 7) is 8.86. The van der Waals surface area contributed by atoms with E-state index < -0.39 is 0 Å². The molecule has 0 aliphatic heterocycles. The van der Waals surface area contributed by atoms with Gasteiger partial charge in [0.1, 0.15) is 0 Å². The van der Waals surface area contributed by atoms with E-state index >= 15 is 0 Å². The van der Waals surface area contributed by atoms with Gasteiger partial charge >= 0.3 is 0 Å². The van der Waals surface area contributed by atoms with Crippen molar-refractivity contribution in [1.82, 2.24) is 10.2 Å². The second-order valence-electron chi connectivity index (χ2n) is 4.65. The van der Waals surface area contributed by atoms with Gasteiger partial charge in [-0.1, -0.05) is 43.6 Å². The number of benzene rings is 1. The maximum atomic E-state index is 12.3. The summed E-state index contributed by atoms with van der Waals surface area (Å²) in [4.78, 5) is 14.2. The van der Waals surface area contributed by atoms with Crippen molar-refractivity contribution in [2.45, 2.75) is 27.3 Å². The molecule has 0 fully saturated rings. The van der Waals surface area contributed by atoms with E-state index in [-0.39, 0.29) is 11.8 Å². The first-order valence-corrected chi connectivity index (χ1v) is 7.20. The zero-order valence-electron chi connectivity index (χ0n) is 11.9. The summed E-state index contributed by atoms with van der Waals surface area (Å²) in [7, 11) is 0. The Bertz CT molecular complexity index is 409. The van der Waals surface area contributed by atoms with Gasteiger partial charge in [0.05, 0.1) is 0 Å². The highest BCUT2D eigenvalue weighted by molar-refractivity contribution is 6.31. The number of carbonyl (C=O) groups is 1. The lowest BCUT2D eigenvalue weighted by molar-refractivity contribution is -0.135. The molecule has 1 aromatic rings. The van der Waals surface area contributed by atoms with Crippen molar-refractivity contribution in [3.63, 3.8) is 0 Å². The lowest BCUT2D eigenvalue weighted by Gasteiger charge is -2.25. The molecule has 1 aromatic carbocycles. The number of hydrogen-bond donors (Lipinski definition) is 1. The van der Waals surface area contributed by atoms with Gasteiger partial charge in [-0.3, -0.25) is 4.79 Å². The van der Waals surface area contributed by atoms with E-state index in [1.165, 1.54) is 0 Å². The minimum atomic E-state index is -0.0117. The second-order valence-corrected chi connectivity index (χ2v) is 5.06. The smallest absolute Gasteiger partial charge is 0.226 e. The highest BCUT2D eigenvalue weighted by Gasteiger charge is 2.19. The predicted octanol–water partition coefficient (Wildman–Crippen LogP) is 2.93. The largest absolute Gasteiger partial charge is 0.338 e. The third-order valence-electron chi connectivity index (χ3n) is 3.13. The molecule has 0 saturated carbocycles. The van der Waals surface area contributed by atoms with Gasteiger partial charge in [-0.05, 0) is 25.1 Å². The van der Waals surface area contributed by atoms with Crippen LogP contribution in [-0.4, -0.2) is 30.4 Å². The summed E-state index contributed by atoms with van der Waals surface area (Å²) in [6.07, 6.45) is 0. The molecule has 0 heterocycles. The molecule has 19 heavy (non-hydrogen) atoms. The van der Waals surface area contributed by atoms with Gasteiger partial charge in [-0.15, -0.1) is 0 Å². The summed E-state index contributed by atoms with van der Waals surface area (Å²) in [6, 6.07) is 7.67. The summed E-state index contributed by atoms with van der Waals surface area (Å²) in [5.74, 6) is 0.158. The third kappa shape index (κ3) is 4.84. The Balaban J connectivity index is 2.67. The number of amides is 1. The van der Waals surface area contributed by atoms with Crippen molar-refractivity contribution in [1.29, 1.82) is 0 Å². The number of hydrogen-bond acceptors (Lipinski definition) is 2. The predicted molar refractivity (Wildman–Crippen MR) is 80.3 cm³/mol.